The highest BCUT2D eigenvalue weighted by molar-refractivity contribution is 5.71. The summed E-state index contributed by atoms with van der Waals surface area (Å²) in [5.41, 5.74) is 4.97. The minimum absolute atomic E-state index is 0.263. The Hall–Kier alpha value is -1.96. The van der Waals surface area contributed by atoms with Gasteiger partial charge in [-0.25, -0.2) is 0 Å². The average Bonchev–Trinajstić information content (AvgIpc) is 2.25. The number of hydrogen-bond acceptors (Lipinski definition) is 2. The molecule has 0 bridgehead atoms. The van der Waals surface area contributed by atoms with Crippen LogP contribution in [-0.4, -0.2) is 10.2 Å². The van der Waals surface area contributed by atoms with Gasteiger partial charge in [0.15, 0.2) is 0 Å². The highest BCUT2D eigenvalue weighted by Gasteiger charge is 2.07. The summed E-state index contributed by atoms with van der Waals surface area (Å²) in [5.74, 6) is 0.576. The zero-order valence-corrected chi connectivity index (χ0v) is 10.3. The van der Waals surface area contributed by atoms with E-state index in [9.17, 15) is 10.2 Å². The van der Waals surface area contributed by atoms with Crippen LogP contribution in [0.1, 0.15) is 16.7 Å². The predicted octanol–water partition coefficient (Wildman–Crippen LogP) is 3.69. The number of rotatable bonds is 1. The van der Waals surface area contributed by atoms with E-state index in [0.29, 0.717) is 5.75 Å². The Morgan fingerprint density at radius 3 is 2.12 bits per heavy atom. The lowest BCUT2D eigenvalue weighted by Gasteiger charge is -2.10. The third-order valence-corrected chi connectivity index (χ3v) is 3.16. The van der Waals surface area contributed by atoms with Gasteiger partial charge in [0.25, 0.3) is 0 Å². The van der Waals surface area contributed by atoms with Crippen molar-refractivity contribution in [3.63, 3.8) is 0 Å². The molecule has 88 valence electrons. The van der Waals surface area contributed by atoms with Crippen LogP contribution < -0.4 is 0 Å². The number of aryl methyl sites for hydroxylation is 2. The summed E-state index contributed by atoms with van der Waals surface area (Å²) in [7, 11) is 0. The third-order valence-electron chi connectivity index (χ3n) is 3.16. The first-order valence-corrected chi connectivity index (χ1v) is 5.59. The van der Waals surface area contributed by atoms with Gasteiger partial charge in [-0.15, -0.1) is 0 Å². The van der Waals surface area contributed by atoms with Crippen LogP contribution in [0.15, 0.2) is 30.3 Å². The lowest BCUT2D eigenvalue weighted by Crippen LogP contribution is -1.87. The van der Waals surface area contributed by atoms with Gasteiger partial charge in [-0.3, -0.25) is 0 Å². The molecule has 2 heteroatoms. The summed E-state index contributed by atoms with van der Waals surface area (Å²) in [5, 5.41) is 19.2. The minimum atomic E-state index is 0.263. The van der Waals surface area contributed by atoms with Gasteiger partial charge in [0.2, 0.25) is 0 Å². The van der Waals surface area contributed by atoms with E-state index in [-0.39, 0.29) is 5.75 Å². The Bertz CT molecular complexity index is 548. The highest BCUT2D eigenvalue weighted by atomic mass is 16.3. The van der Waals surface area contributed by atoms with E-state index in [0.717, 1.165) is 27.8 Å². The summed E-state index contributed by atoms with van der Waals surface area (Å²) < 4.78 is 0. The van der Waals surface area contributed by atoms with Crippen LogP contribution in [0.2, 0.25) is 0 Å². The van der Waals surface area contributed by atoms with Gasteiger partial charge in [-0.2, -0.15) is 0 Å². The van der Waals surface area contributed by atoms with Crippen LogP contribution in [0.4, 0.5) is 0 Å². The number of phenols is 2. The Morgan fingerprint density at radius 2 is 1.53 bits per heavy atom. The summed E-state index contributed by atoms with van der Waals surface area (Å²) in [4.78, 5) is 0. The fourth-order valence-corrected chi connectivity index (χ4v) is 1.97. The molecular weight excluding hydrogens is 212 g/mol. The quantitative estimate of drug-likeness (QED) is 0.781. The fraction of sp³-hybridized carbons (Fsp3) is 0.200. The van der Waals surface area contributed by atoms with Crippen molar-refractivity contribution < 1.29 is 10.2 Å². The number of aromatic hydroxyl groups is 2. The molecule has 0 unspecified atom stereocenters. The SMILES string of the molecule is Cc1cc(O)ccc1-c1cc(C)c(C)c(O)c1. The van der Waals surface area contributed by atoms with E-state index in [1.54, 1.807) is 18.2 Å². The highest BCUT2D eigenvalue weighted by Crippen LogP contribution is 2.31. The predicted molar refractivity (Wildman–Crippen MR) is 69.4 cm³/mol. The van der Waals surface area contributed by atoms with E-state index in [1.807, 2.05) is 26.8 Å². The van der Waals surface area contributed by atoms with Crippen molar-refractivity contribution in [3.8, 4) is 22.6 Å². The average molecular weight is 228 g/mol. The largest absolute Gasteiger partial charge is 0.508 e. The molecule has 17 heavy (non-hydrogen) atoms. The van der Waals surface area contributed by atoms with Crippen LogP contribution in [0, 0.1) is 20.8 Å². The fourth-order valence-electron chi connectivity index (χ4n) is 1.97. The molecule has 0 radical (unpaired) electrons. The van der Waals surface area contributed by atoms with Crippen molar-refractivity contribution in [1.82, 2.24) is 0 Å². The molecule has 0 saturated carbocycles. The van der Waals surface area contributed by atoms with Gasteiger partial charge >= 0.3 is 0 Å². The molecule has 2 aromatic carbocycles. The van der Waals surface area contributed by atoms with Crippen molar-refractivity contribution in [3.05, 3.63) is 47.0 Å². The number of phenolic OH excluding ortho intramolecular Hbond substituents is 2. The van der Waals surface area contributed by atoms with Gasteiger partial charge in [0.1, 0.15) is 11.5 Å². The Labute approximate surface area is 101 Å². The Kier molecular flexibility index (Phi) is 2.80. The van der Waals surface area contributed by atoms with Crippen molar-refractivity contribution >= 4 is 0 Å². The minimum Gasteiger partial charge on any atom is -0.508 e. The second-order valence-electron chi connectivity index (χ2n) is 4.44. The van der Waals surface area contributed by atoms with Crippen LogP contribution in [0.5, 0.6) is 11.5 Å². The Balaban J connectivity index is 2.61. The first-order valence-electron chi connectivity index (χ1n) is 5.59. The molecule has 0 aliphatic heterocycles. The third kappa shape index (κ3) is 2.11. The Morgan fingerprint density at radius 1 is 0.824 bits per heavy atom. The second kappa shape index (κ2) is 4.13. The zero-order chi connectivity index (χ0) is 12.6. The van der Waals surface area contributed by atoms with Crippen molar-refractivity contribution in [2.24, 2.45) is 0 Å². The molecule has 0 aromatic heterocycles. The van der Waals surface area contributed by atoms with Gasteiger partial charge in [-0.1, -0.05) is 12.1 Å². The monoisotopic (exact) mass is 228 g/mol. The zero-order valence-electron chi connectivity index (χ0n) is 10.3. The van der Waals surface area contributed by atoms with Crippen LogP contribution in [-0.2, 0) is 0 Å². The summed E-state index contributed by atoms with van der Waals surface area (Å²) in [6.07, 6.45) is 0. The van der Waals surface area contributed by atoms with E-state index >= 15 is 0 Å². The van der Waals surface area contributed by atoms with Crippen molar-refractivity contribution in [1.29, 1.82) is 0 Å². The van der Waals surface area contributed by atoms with E-state index in [1.165, 1.54) is 0 Å². The van der Waals surface area contributed by atoms with E-state index < -0.39 is 0 Å². The lowest BCUT2D eigenvalue weighted by molar-refractivity contribution is 0.471. The molecule has 0 saturated heterocycles. The van der Waals surface area contributed by atoms with Gasteiger partial charge in [0, 0.05) is 0 Å². The van der Waals surface area contributed by atoms with E-state index in [4.69, 9.17) is 0 Å². The van der Waals surface area contributed by atoms with Crippen LogP contribution in [0.3, 0.4) is 0 Å². The molecule has 2 N–H and O–H groups in total. The normalized spacial score (nSPS) is 10.5. The molecule has 2 rings (SSSR count). The second-order valence-corrected chi connectivity index (χ2v) is 4.44. The summed E-state index contributed by atoms with van der Waals surface area (Å²) in [6, 6.07) is 9.07. The number of hydrogen-bond donors (Lipinski definition) is 2. The molecule has 0 heterocycles. The standard InChI is InChI=1S/C15H16O2/c1-9-6-12(8-15(17)11(9)3)14-5-4-13(16)7-10(14)2/h4-8,16-17H,1-3H3. The first kappa shape index (κ1) is 11.5. The maximum absolute atomic E-state index is 9.84. The molecule has 0 spiro atoms. The molecule has 0 aliphatic rings. The van der Waals surface area contributed by atoms with Crippen molar-refractivity contribution in [2.45, 2.75) is 20.8 Å². The van der Waals surface area contributed by atoms with Gasteiger partial charge in [-0.05, 0) is 66.8 Å². The molecule has 0 aliphatic carbocycles. The van der Waals surface area contributed by atoms with Crippen LogP contribution in [0.25, 0.3) is 11.1 Å². The van der Waals surface area contributed by atoms with Crippen LogP contribution >= 0.6 is 0 Å². The van der Waals surface area contributed by atoms with E-state index in [2.05, 4.69) is 6.07 Å². The molecular formula is C15H16O2. The summed E-state index contributed by atoms with van der Waals surface area (Å²) in [6.45, 7) is 5.83. The maximum Gasteiger partial charge on any atom is 0.119 e. The molecule has 2 nitrogen and oxygen atoms in total. The first-order chi connectivity index (χ1) is 7.99. The lowest BCUT2D eigenvalue weighted by atomic mass is 9.96. The molecule has 0 atom stereocenters. The van der Waals surface area contributed by atoms with Gasteiger partial charge in [0.05, 0.1) is 0 Å². The maximum atomic E-state index is 9.84. The molecule has 2 aromatic rings. The number of benzene rings is 2. The molecule has 0 amide bonds. The smallest absolute Gasteiger partial charge is 0.119 e. The molecule has 0 fully saturated rings. The van der Waals surface area contributed by atoms with Crippen molar-refractivity contribution in [2.75, 3.05) is 0 Å². The van der Waals surface area contributed by atoms with Gasteiger partial charge < -0.3 is 10.2 Å². The topological polar surface area (TPSA) is 40.5 Å². The summed E-state index contributed by atoms with van der Waals surface area (Å²) >= 11 is 0.